The number of aliphatic hydroxyl groups excluding tert-OH is 1. The van der Waals surface area contributed by atoms with Crippen molar-refractivity contribution in [2.75, 3.05) is 6.54 Å². The summed E-state index contributed by atoms with van der Waals surface area (Å²) in [7, 11) is 0. The van der Waals surface area contributed by atoms with Crippen LogP contribution in [0.4, 0.5) is 4.79 Å². The third kappa shape index (κ3) is 3.42. The van der Waals surface area contributed by atoms with Crippen LogP contribution >= 0.6 is 0 Å². The number of carbonyl (C=O) groups excluding carboxylic acids is 1. The van der Waals surface area contributed by atoms with E-state index in [1.165, 1.54) is 11.3 Å². The van der Waals surface area contributed by atoms with Crippen molar-refractivity contribution in [1.82, 2.24) is 10.2 Å². The molecule has 1 saturated carbocycles. The van der Waals surface area contributed by atoms with Crippen LogP contribution in [0.15, 0.2) is 0 Å². The molecule has 2 rings (SSSR count). The molecule has 6 nitrogen and oxygen atoms in total. The topological polar surface area (TPSA) is 89.9 Å². The lowest BCUT2D eigenvalue weighted by molar-refractivity contribution is -0.141. The zero-order valence-corrected chi connectivity index (χ0v) is 12.1. The minimum absolute atomic E-state index is 0.0978. The molecule has 0 aromatic rings. The second-order valence-corrected chi connectivity index (χ2v) is 6.46. The van der Waals surface area contributed by atoms with Crippen LogP contribution in [0.1, 0.15) is 39.5 Å². The van der Waals surface area contributed by atoms with Crippen molar-refractivity contribution in [3.63, 3.8) is 0 Å². The lowest BCUT2D eigenvalue weighted by atomic mass is 9.80. The van der Waals surface area contributed by atoms with E-state index < -0.39 is 18.1 Å². The Morgan fingerprint density at radius 3 is 2.25 bits per heavy atom. The Bertz CT molecular complexity index is 377. The second-order valence-electron chi connectivity index (χ2n) is 6.46. The van der Waals surface area contributed by atoms with E-state index in [0.29, 0.717) is 11.8 Å². The molecule has 1 aliphatic carbocycles. The van der Waals surface area contributed by atoms with Crippen molar-refractivity contribution in [1.29, 1.82) is 0 Å². The molecule has 114 valence electrons. The Labute approximate surface area is 119 Å². The highest BCUT2D eigenvalue weighted by molar-refractivity contribution is 5.83. The molecule has 0 bridgehead atoms. The Morgan fingerprint density at radius 1 is 1.10 bits per heavy atom. The molecule has 1 aliphatic heterocycles. The first-order valence-electron chi connectivity index (χ1n) is 7.34. The van der Waals surface area contributed by atoms with E-state index in [1.807, 2.05) is 0 Å². The highest BCUT2D eigenvalue weighted by atomic mass is 16.4. The number of rotatable bonds is 2. The number of carboxylic acids is 1. The van der Waals surface area contributed by atoms with Gasteiger partial charge >= 0.3 is 12.0 Å². The van der Waals surface area contributed by atoms with Crippen LogP contribution < -0.4 is 5.32 Å². The first kappa shape index (κ1) is 15.1. The second kappa shape index (κ2) is 5.99. The predicted molar refractivity (Wildman–Crippen MR) is 73.3 cm³/mol. The highest BCUT2D eigenvalue weighted by Crippen LogP contribution is 2.29. The van der Waals surface area contributed by atoms with Gasteiger partial charge in [-0.05, 0) is 31.1 Å². The Balaban J connectivity index is 1.95. The number of hydrogen-bond donors (Lipinski definition) is 3. The van der Waals surface area contributed by atoms with Gasteiger partial charge in [0, 0.05) is 19.0 Å². The van der Waals surface area contributed by atoms with Crippen LogP contribution in [0.25, 0.3) is 0 Å². The van der Waals surface area contributed by atoms with Crippen molar-refractivity contribution in [3.8, 4) is 0 Å². The van der Waals surface area contributed by atoms with Gasteiger partial charge in [0.05, 0.1) is 6.10 Å². The van der Waals surface area contributed by atoms with Gasteiger partial charge in [0.15, 0.2) is 0 Å². The molecule has 0 spiro atoms. The number of likely N-dealkylation sites (tertiary alicyclic amines) is 1. The maximum Gasteiger partial charge on any atom is 0.326 e. The summed E-state index contributed by atoms with van der Waals surface area (Å²) >= 11 is 0. The number of nitrogens with one attached hydrogen (secondary N) is 1. The standard InChI is InChI=1S/C14H24N2O4/c1-8-3-9(2)5-10(4-8)15-14(20)16-7-11(17)6-12(16)13(18)19/h8-12,17H,3-7H2,1-2H3,(H,15,20)(H,18,19)/t8?,9?,10?,11-,12+/m1/s1. The molecule has 2 unspecified atom stereocenters. The molecule has 2 aliphatic rings. The molecule has 2 fully saturated rings. The zero-order chi connectivity index (χ0) is 14.9. The van der Waals surface area contributed by atoms with Gasteiger partial charge in [-0.3, -0.25) is 0 Å². The van der Waals surface area contributed by atoms with Crippen LogP contribution in [0, 0.1) is 11.8 Å². The molecule has 4 atom stereocenters. The predicted octanol–water partition coefficient (Wildman–Crippen LogP) is 1.04. The van der Waals surface area contributed by atoms with Crippen LogP contribution in [0.2, 0.25) is 0 Å². The fourth-order valence-corrected chi connectivity index (χ4v) is 3.59. The minimum atomic E-state index is -1.05. The SMILES string of the molecule is CC1CC(C)CC(NC(=O)N2C[C@H](O)C[C@H]2C(=O)O)C1. The van der Waals surface area contributed by atoms with Gasteiger partial charge in [0.25, 0.3) is 0 Å². The average molecular weight is 284 g/mol. The molecule has 1 heterocycles. The summed E-state index contributed by atoms with van der Waals surface area (Å²) in [4.78, 5) is 24.6. The van der Waals surface area contributed by atoms with Gasteiger partial charge in [-0.25, -0.2) is 9.59 Å². The summed E-state index contributed by atoms with van der Waals surface area (Å²) in [5.74, 6) is 0.0917. The van der Waals surface area contributed by atoms with Crippen molar-refractivity contribution in [2.45, 2.75) is 57.7 Å². The van der Waals surface area contributed by atoms with Gasteiger partial charge in [-0.1, -0.05) is 13.8 Å². The zero-order valence-electron chi connectivity index (χ0n) is 12.1. The van der Waals surface area contributed by atoms with Crippen LogP contribution in [0.3, 0.4) is 0 Å². The van der Waals surface area contributed by atoms with Gasteiger partial charge in [0.2, 0.25) is 0 Å². The average Bonchev–Trinajstić information content (AvgIpc) is 2.70. The van der Waals surface area contributed by atoms with E-state index in [9.17, 15) is 14.7 Å². The number of aliphatic hydroxyl groups is 1. The molecule has 20 heavy (non-hydrogen) atoms. The Morgan fingerprint density at radius 2 is 1.70 bits per heavy atom. The summed E-state index contributed by atoms with van der Waals surface area (Å²) in [6.07, 6.45) is 2.41. The van der Waals surface area contributed by atoms with Crippen LogP contribution in [-0.4, -0.2) is 51.8 Å². The molecule has 0 aromatic heterocycles. The van der Waals surface area contributed by atoms with E-state index in [0.717, 1.165) is 12.8 Å². The van der Waals surface area contributed by atoms with E-state index >= 15 is 0 Å². The lowest BCUT2D eigenvalue weighted by Gasteiger charge is -2.33. The summed E-state index contributed by atoms with van der Waals surface area (Å²) in [6.45, 7) is 4.45. The summed E-state index contributed by atoms with van der Waals surface area (Å²) < 4.78 is 0. The highest BCUT2D eigenvalue weighted by Gasteiger charge is 2.39. The smallest absolute Gasteiger partial charge is 0.326 e. The van der Waals surface area contributed by atoms with E-state index in [-0.39, 0.29) is 25.0 Å². The van der Waals surface area contributed by atoms with Crippen molar-refractivity contribution in [2.24, 2.45) is 11.8 Å². The largest absolute Gasteiger partial charge is 0.480 e. The van der Waals surface area contributed by atoms with Crippen molar-refractivity contribution >= 4 is 12.0 Å². The van der Waals surface area contributed by atoms with Gasteiger partial charge < -0.3 is 20.4 Å². The number of amides is 2. The van der Waals surface area contributed by atoms with Crippen molar-refractivity contribution in [3.05, 3.63) is 0 Å². The Kier molecular flexibility index (Phi) is 4.52. The first-order chi connectivity index (χ1) is 9.36. The molecular formula is C14H24N2O4. The number of carbonyl (C=O) groups is 2. The number of nitrogens with zero attached hydrogens (tertiary/aromatic N) is 1. The Hall–Kier alpha value is -1.30. The van der Waals surface area contributed by atoms with E-state index in [4.69, 9.17) is 5.11 Å². The van der Waals surface area contributed by atoms with Gasteiger partial charge in [0.1, 0.15) is 6.04 Å². The lowest BCUT2D eigenvalue weighted by Crippen LogP contribution is -2.50. The minimum Gasteiger partial charge on any atom is -0.480 e. The molecule has 3 N–H and O–H groups in total. The third-order valence-electron chi connectivity index (χ3n) is 4.33. The first-order valence-corrected chi connectivity index (χ1v) is 7.34. The molecule has 2 amide bonds. The van der Waals surface area contributed by atoms with E-state index in [1.54, 1.807) is 0 Å². The quantitative estimate of drug-likeness (QED) is 0.707. The molecule has 6 heteroatoms. The summed E-state index contributed by atoms with van der Waals surface area (Å²) in [5, 5.41) is 21.6. The molecule has 1 saturated heterocycles. The van der Waals surface area contributed by atoms with Gasteiger partial charge in [-0.2, -0.15) is 0 Å². The maximum absolute atomic E-state index is 12.2. The number of urea groups is 1. The fraction of sp³-hybridized carbons (Fsp3) is 0.857. The monoisotopic (exact) mass is 284 g/mol. The van der Waals surface area contributed by atoms with E-state index in [2.05, 4.69) is 19.2 Å². The van der Waals surface area contributed by atoms with Crippen LogP contribution in [-0.2, 0) is 4.79 Å². The molecule has 0 aromatic carbocycles. The van der Waals surface area contributed by atoms with Crippen molar-refractivity contribution < 1.29 is 19.8 Å². The number of aliphatic carboxylic acids is 1. The van der Waals surface area contributed by atoms with Gasteiger partial charge in [-0.15, -0.1) is 0 Å². The normalized spacial score (nSPS) is 37.8. The number of β-amino-alcohol motifs (C(OH)–C–C–N with tert-alkyl or cyclic N) is 1. The summed E-state index contributed by atoms with van der Waals surface area (Å²) in [5.41, 5.74) is 0. The third-order valence-corrected chi connectivity index (χ3v) is 4.33. The fourth-order valence-electron chi connectivity index (χ4n) is 3.59. The summed E-state index contributed by atoms with van der Waals surface area (Å²) in [6, 6.07) is -1.17. The van der Waals surface area contributed by atoms with Crippen LogP contribution in [0.5, 0.6) is 0 Å². The molecule has 0 radical (unpaired) electrons. The number of hydrogen-bond acceptors (Lipinski definition) is 3. The molecular weight excluding hydrogens is 260 g/mol. The number of carboxylic acid groups (broad SMARTS) is 1. The maximum atomic E-state index is 12.2.